The van der Waals surface area contributed by atoms with Gasteiger partial charge in [0.2, 0.25) is 0 Å². The lowest BCUT2D eigenvalue weighted by molar-refractivity contribution is -0.119. The van der Waals surface area contributed by atoms with Gasteiger partial charge in [0.15, 0.2) is 5.78 Å². The van der Waals surface area contributed by atoms with E-state index in [-0.39, 0.29) is 11.8 Å². The van der Waals surface area contributed by atoms with Crippen molar-refractivity contribution in [3.05, 3.63) is 42.0 Å². The van der Waals surface area contributed by atoms with Gasteiger partial charge in [-0.3, -0.25) is 4.79 Å². The highest BCUT2D eigenvalue weighted by atomic mass is 16.1. The Morgan fingerprint density at radius 1 is 1.47 bits per heavy atom. The van der Waals surface area contributed by atoms with E-state index in [1.807, 2.05) is 25.1 Å². The summed E-state index contributed by atoms with van der Waals surface area (Å²) in [6, 6.07) is 7.91. The third-order valence-corrected chi connectivity index (χ3v) is 3.49. The predicted molar refractivity (Wildman–Crippen MR) is 72.0 cm³/mol. The summed E-state index contributed by atoms with van der Waals surface area (Å²) in [5.41, 5.74) is 2.27. The van der Waals surface area contributed by atoms with Crippen LogP contribution in [0.2, 0.25) is 0 Å². The fraction of sp³-hybridized carbons (Fsp3) is 0.357. The second kappa shape index (κ2) is 4.84. The Balaban J connectivity index is 1.70. The maximum absolute atomic E-state index is 12.3. The first-order valence-corrected chi connectivity index (χ1v) is 6.51. The molecule has 2 aromatic rings. The number of hydrogen-bond donors (Lipinski definition) is 1. The molecule has 0 amide bonds. The highest BCUT2D eigenvalue weighted by Gasteiger charge is 2.27. The van der Waals surface area contributed by atoms with Crippen LogP contribution in [0.4, 0.5) is 5.69 Å². The van der Waals surface area contributed by atoms with Crippen LogP contribution in [0.5, 0.6) is 0 Å². The Morgan fingerprint density at radius 3 is 3.11 bits per heavy atom. The number of ketones is 1. The molecule has 0 bridgehead atoms. The smallest absolute Gasteiger partial charge is 0.162 e. The van der Waals surface area contributed by atoms with Gasteiger partial charge in [0.05, 0.1) is 12.5 Å². The summed E-state index contributed by atoms with van der Waals surface area (Å²) in [5.74, 6) is 0.907. The number of fused-ring (bicyclic) bond motifs is 1. The normalized spacial score (nSPS) is 17.0. The van der Waals surface area contributed by atoms with E-state index in [1.54, 1.807) is 4.68 Å². The van der Waals surface area contributed by atoms with E-state index in [9.17, 15) is 4.79 Å². The number of anilines is 1. The molecule has 2 heterocycles. The van der Waals surface area contributed by atoms with Crippen molar-refractivity contribution in [2.75, 3.05) is 5.32 Å². The molecule has 3 rings (SSSR count). The summed E-state index contributed by atoms with van der Waals surface area (Å²) in [5, 5.41) is 7.36. The first-order chi connectivity index (χ1) is 9.28. The summed E-state index contributed by atoms with van der Waals surface area (Å²) < 4.78 is 1.76. The number of hydrogen-bond acceptors (Lipinski definition) is 4. The van der Waals surface area contributed by atoms with Gasteiger partial charge >= 0.3 is 0 Å². The van der Waals surface area contributed by atoms with Crippen molar-refractivity contribution < 1.29 is 4.79 Å². The quantitative estimate of drug-likeness (QED) is 0.899. The first-order valence-electron chi connectivity index (χ1n) is 6.51. The summed E-state index contributed by atoms with van der Waals surface area (Å²) in [4.78, 5) is 16.5. The number of rotatable bonds is 4. The molecule has 1 unspecified atom stereocenters. The van der Waals surface area contributed by atoms with Gasteiger partial charge in [-0.25, -0.2) is 9.67 Å². The van der Waals surface area contributed by atoms with Gasteiger partial charge in [0.25, 0.3) is 0 Å². The van der Waals surface area contributed by atoms with Gasteiger partial charge in [-0.2, -0.15) is 5.10 Å². The van der Waals surface area contributed by atoms with Gasteiger partial charge in [-0.15, -0.1) is 0 Å². The summed E-state index contributed by atoms with van der Waals surface area (Å²) in [6.07, 6.45) is 2.59. The maximum atomic E-state index is 12.3. The Kier molecular flexibility index (Phi) is 3.03. The number of carbonyl (C=O) groups excluding carboxylic acids is 1. The maximum Gasteiger partial charge on any atom is 0.162 e. The van der Waals surface area contributed by atoms with Crippen LogP contribution < -0.4 is 5.32 Å². The molecule has 19 heavy (non-hydrogen) atoms. The monoisotopic (exact) mass is 256 g/mol. The van der Waals surface area contributed by atoms with Crippen molar-refractivity contribution in [1.29, 1.82) is 0 Å². The molecule has 98 valence electrons. The third kappa shape index (κ3) is 2.23. The van der Waals surface area contributed by atoms with E-state index < -0.39 is 0 Å². The molecule has 0 radical (unpaired) electrons. The molecule has 5 heteroatoms. The molecule has 1 atom stereocenters. The highest BCUT2D eigenvalue weighted by Crippen LogP contribution is 2.25. The first kappa shape index (κ1) is 11.9. The largest absolute Gasteiger partial charge is 0.375 e. The van der Waals surface area contributed by atoms with Crippen molar-refractivity contribution in [2.45, 2.75) is 32.4 Å². The summed E-state index contributed by atoms with van der Waals surface area (Å²) >= 11 is 0. The molecule has 1 aromatic heterocycles. The second-order valence-electron chi connectivity index (χ2n) is 4.69. The van der Waals surface area contributed by atoms with E-state index in [4.69, 9.17) is 0 Å². The number of nitrogens with one attached hydrogen (secondary N) is 1. The lowest BCUT2D eigenvalue weighted by atomic mass is 10.0. The molecule has 0 saturated carbocycles. The molecule has 0 aliphatic carbocycles. The number of aromatic nitrogens is 3. The number of aryl methyl sites for hydroxylation is 1. The second-order valence-corrected chi connectivity index (χ2v) is 4.69. The van der Waals surface area contributed by atoms with Crippen LogP contribution in [-0.2, 0) is 24.2 Å². The number of para-hydroxylation sites is 1. The van der Waals surface area contributed by atoms with E-state index in [1.165, 1.54) is 11.9 Å². The highest BCUT2D eigenvalue weighted by molar-refractivity contribution is 5.90. The Bertz CT molecular complexity index is 580. The molecule has 1 N–H and O–H groups in total. The zero-order valence-electron chi connectivity index (χ0n) is 10.8. The Morgan fingerprint density at radius 2 is 2.32 bits per heavy atom. The van der Waals surface area contributed by atoms with E-state index in [2.05, 4.69) is 21.5 Å². The van der Waals surface area contributed by atoms with Crippen LogP contribution in [0.15, 0.2) is 30.6 Å². The molecule has 0 saturated heterocycles. The lowest BCUT2D eigenvalue weighted by Gasteiger charge is -2.10. The Labute approximate surface area is 111 Å². The van der Waals surface area contributed by atoms with Crippen LogP contribution in [0.25, 0.3) is 0 Å². The summed E-state index contributed by atoms with van der Waals surface area (Å²) in [7, 11) is 0. The Hall–Kier alpha value is -2.17. The molecular weight excluding hydrogens is 240 g/mol. The number of nitrogens with zero attached hydrogens (tertiary/aromatic N) is 3. The third-order valence-electron chi connectivity index (χ3n) is 3.49. The molecular formula is C14H16N4O. The van der Waals surface area contributed by atoms with Gasteiger partial charge in [-0.05, 0) is 18.6 Å². The molecule has 1 aromatic carbocycles. The zero-order chi connectivity index (χ0) is 13.2. The molecule has 0 fully saturated rings. The van der Waals surface area contributed by atoms with E-state index in [0.29, 0.717) is 6.42 Å². The van der Waals surface area contributed by atoms with Crippen molar-refractivity contribution in [3.8, 4) is 0 Å². The van der Waals surface area contributed by atoms with Crippen molar-refractivity contribution in [2.24, 2.45) is 0 Å². The van der Waals surface area contributed by atoms with Crippen LogP contribution >= 0.6 is 0 Å². The fourth-order valence-electron chi connectivity index (χ4n) is 2.46. The minimum Gasteiger partial charge on any atom is -0.375 e. The van der Waals surface area contributed by atoms with Crippen LogP contribution in [0.1, 0.15) is 18.3 Å². The van der Waals surface area contributed by atoms with Crippen molar-refractivity contribution in [1.82, 2.24) is 14.8 Å². The molecule has 1 aliphatic heterocycles. The molecule has 0 spiro atoms. The van der Waals surface area contributed by atoms with Gasteiger partial charge in [0, 0.05) is 18.7 Å². The number of Topliss-reactive ketones (excluding diaryl/α,β-unsaturated/α-hetero) is 1. The summed E-state index contributed by atoms with van der Waals surface area (Å²) in [6.45, 7) is 2.73. The van der Waals surface area contributed by atoms with E-state index >= 15 is 0 Å². The molecule has 1 aliphatic rings. The molecule has 5 nitrogen and oxygen atoms in total. The lowest BCUT2D eigenvalue weighted by Crippen LogP contribution is -2.29. The number of carbonyl (C=O) groups is 1. The topological polar surface area (TPSA) is 59.8 Å². The van der Waals surface area contributed by atoms with E-state index in [0.717, 1.165) is 24.5 Å². The number of benzene rings is 1. The average Bonchev–Trinajstić information content (AvgIpc) is 3.03. The van der Waals surface area contributed by atoms with Crippen LogP contribution in [-0.4, -0.2) is 26.6 Å². The van der Waals surface area contributed by atoms with Gasteiger partial charge in [0.1, 0.15) is 12.2 Å². The fourth-order valence-corrected chi connectivity index (χ4v) is 2.46. The predicted octanol–water partition coefficient (Wildman–Crippen LogP) is 1.45. The van der Waals surface area contributed by atoms with Gasteiger partial charge < -0.3 is 5.32 Å². The van der Waals surface area contributed by atoms with Crippen molar-refractivity contribution >= 4 is 11.5 Å². The minimum atomic E-state index is -0.139. The van der Waals surface area contributed by atoms with Gasteiger partial charge in [-0.1, -0.05) is 18.2 Å². The van der Waals surface area contributed by atoms with Crippen LogP contribution in [0, 0.1) is 0 Å². The average molecular weight is 256 g/mol. The van der Waals surface area contributed by atoms with Crippen molar-refractivity contribution in [3.63, 3.8) is 0 Å². The SMILES string of the molecule is CCn1ncnc1CC(=O)C1Cc2ccccc2N1. The minimum absolute atomic E-state index is 0.139. The zero-order valence-corrected chi connectivity index (χ0v) is 10.8. The van der Waals surface area contributed by atoms with Crippen LogP contribution in [0.3, 0.4) is 0 Å². The standard InChI is InChI=1S/C14H16N4O/c1-2-18-14(15-9-16-18)8-13(19)12-7-10-5-3-4-6-11(10)17-12/h3-6,9,12,17H,2,7-8H2,1H3.